The molecule has 0 saturated heterocycles. The maximum absolute atomic E-state index is 12.3. The van der Waals surface area contributed by atoms with Crippen LogP contribution in [0, 0.1) is 13.8 Å². The molecule has 3 rings (SSSR count). The first-order chi connectivity index (χ1) is 11.0. The van der Waals surface area contributed by atoms with Gasteiger partial charge in [0.25, 0.3) is 5.91 Å². The molecule has 0 fully saturated rings. The van der Waals surface area contributed by atoms with Gasteiger partial charge in [0.15, 0.2) is 11.5 Å². The quantitative estimate of drug-likeness (QED) is 0.947. The molecule has 0 aliphatic carbocycles. The molecule has 2 aromatic rings. The number of aryl methyl sites for hydroxylation is 1. The zero-order chi connectivity index (χ0) is 16.6. The number of carbonyl (C=O) groups is 1. The average Bonchev–Trinajstić information content (AvgIpc) is 2.81. The lowest BCUT2D eigenvalue weighted by Crippen LogP contribution is -2.30. The second-order valence-electron chi connectivity index (χ2n) is 6.08. The number of fused-ring (bicyclic) bond motifs is 1. The van der Waals surface area contributed by atoms with E-state index in [1.54, 1.807) is 0 Å². The minimum absolute atomic E-state index is 0.0445. The number of nitrogens with one attached hydrogen (secondary N) is 1. The number of aromatic nitrogens is 1. The Hall–Kier alpha value is -2.43. The van der Waals surface area contributed by atoms with Crippen molar-refractivity contribution in [3.63, 3.8) is 0 Å². The molecule has 0 unspecified atom stereocenters. The first-order valence-electron chi connectivity index (χ1n) is 7.87. The Morgan fingerprint density at radius 2 is 1.83 bits per heavy atom. The van der Waals surface area contributed by atoms with Crippen LogP contribution in [0.4, 0.5) is 0 Å². The number of hydrogen-bond donors (Lipinski definition) is 1. The Morgan fingerprint density at radius 3 is 2.52 bits per heavy atom. The summed E-state index contributed by atoms with van der Waals surface area (Å²) in [6.07, 6.45) is 0. The summed E-state index contributed by atoms with van der Waals surface area (Å²) in [6, 6.07) is 7.89. The number of rotatable bonds is 3. The van der Waals surface area contributed by atoms with Crippen molar-refractivity contribution < 1.29 is 14.3 Å². The number of hydrogen-bond acceptors (Lipinski definition) is 3. The molecule has 1 N–H and O–H groups in total. The predicted molar refractivity (Wildman–Crippen MR) is 88.8 cm³/mol. The van der Waals surface area contributed by atoms with Gasteiger partial charge in [-0.05, 0) is 45.9 Å². The van der Waals surface area contributed by atoms with Crippen LogP contribution >= 0.6 is 0 Å². The molecule has 0 bridgehead atoms. The van der Waals surface area contributed by atoms with E-state index in [4.69, 9.17) is 9.47 Å². The summed E-state index contributed by atoms with van der Waals surface area (Å²) in [4.78, 5) is 12.3. The predicted octanol–water partition coefficient (Wildman–Crippen LogP) is 3.00. The highest BCUT2D eigenvalue weighted by Crippen LogP contribution is 2.33. The van der Waals surface area contributed by atoms with Crippen molar-refractivity contribution in [3.05, 3.63) is 41.2 Å². The van der Waals surface area contributed by atoms with Crippen LogP contribution in [-0.2, 0) is 0 Å². The molecule has 0 spiro atoms. The van der Waals surface area contributed by atoms with Gasteiger partial charge in [0, 0.05) is 29.2 Å². The van der Waals surface area contributed by atoms with Crippen molar-refractivity contribution in [1.29, 1.82) is 0 Å². The van der Waals surface area contributed by atoms with Crippen molar-refractivity contribution in [1.82, 2.24) is 9.88 Å². The molecule has 1 amide bonds. The van der Waals surface area contributed by atoms with Crippen LogP contribution in [0.5, 0.6) is 11.5 Å². The highest BCUT2D eigenvalue weighted by atomic mass is 16.6. The molecule has 0 radical (unpaired) electrons. The maximum Gasteiger partial charge on any atom is 0.253 e. The molecule has 0 saturated carbocycles. The lowest BCUT2D eigenvalue weighted by atomic mass is 10.2. The molecular formula is C18H22N2O3. The second kappa shape index (κ2) is 5.99. The monoisotopic (exact) mass is 314 g/mol. The molecule has 23 heavy (non-hydrogen) atoms. The van der Waals surface area contributed by atoms with Crippen molar-refractivity contribution in [3.8, 4) is 17.2 Å². The van der Waals surface area contributed by atoms with Crippen molar-refractivity contribution in [2.24, 2.45) is 0 Å². The summed E-state index contributed by atoms with van der Waals surface area (Å²) in [5.41, 5.74) is 3.59. The van der Waals surface area contributed by atoms with E-state index >= 15 is 0 Å². The van der Waals surface area contributed by atoms with Gasteiger partial charge in [-0.1, -0.05) is 0 Å². The van der Waals surface area contributed by atoms with Crippen molar-refractivity contribution in [2.45, 2.75) is 33.7 Å². The van der Waals surface area contributed by atoms with Crippen molar-refractivity contribution in [2.75, 3.05) is 13.2 Å². The van der Waals surface area contributed by atoms with E-state index in [2.05, 4.69) is 9.88 Å². The van der Waals surface area contributed by atoms with E-state index < -0.39 is 0 Å². The number of amides is 1. The van der Waals surface area contributed by atoms with E-state index in [1.165, 1.54) is 0 Å². The average molecular weight is 314 g/mol. The Kier molecular flexibility index (Phi) is 4.03. The molecule has 2 heterocycles. The number of nitrogens with zero attached hydrogens (tertiary/aromatic N) is 1. The van der Waals surface area contributed by atoms with Gasteiger partial charge >= 0.3 is 0 Å². The van der Waals surface area contributed by atoms with Crippen LogP contribution in [0.3, 0.4) is 0 Å². The minimum Gasteiger partial charge on any atom is -0.486 e. The van der Waals surface area contributed by atoms with Crippen LogP contribution in [0.2, 0.25) is 0 Å². The highest BCUT2D eigenvalue weighted by molar-refractivity contribution is 5.96. The summed E-state index contributed by atoms with van der Waals surface area (Å²) in [6.45, 7) is 9.00. The largest absolute Gasteiger partial charge is 0.486 e. The number of carbonyl (C=O) groups excluding carboxylic acids is 1. The Balaban J connectivity index is 2.00. The molecule has 1 aliphatic rings. The summed E-state index contributed by atoms with van der Waals surface area (Å²) in [7, 11) is 0. The van der Waals surface area contributed by atoms with Gasteiger partial charge in [-0.15, -0.1) is 0 Å². The van der Waals surface area contributed by atoms with E-state index in [0.717, 1.165) is 28.6 Å². The molecule has 1 aromatic carbocycles. The van der Waals surface area contributed by atoms with Gasteiger partial charge in [-0.3, -0.25) is 4.79 Å². The van der Waals surface area contributed by atoms with Gasteiger partial charge in [0.1, 0.15) is 13.2 Å². The normalized spacial score (nSPS) is 13.3. The first-order valence-corrected chi connectivity index (χ1v) is 7.87. The number of benzene rings is 1. The molecule has 1 aliphatic heterocycles. The fourth-order valence-electron chi connectivity index (χ4n) is 2.90. The van der Waals surface area contributed by atoms with Crippen LogP contribution in [0.1, 0.15) is 35.6 Å². The molecule has 122 valence electrons. The topological polar surface area (TPSA) is 52.5 Å². The third-order valence-electron chi connectivity index (χ3n) is 3.88. The second-order valence-corrected chi connectivity index (χ2v) is 6.08. The summed E-state index contributed by atoms with van der Waals surface area (Å²) in [5.74, 6) is 1.46. The fraction of sp³-hybridized carbons (Fsp3) is 0.389. The van der Waals surface area contributed by atoms with Gasteiger partial charge < -0.3 is 19.4 Å². The third-order valence-corrected chi connectivity index (χ3v) is 3.88. The van der Waals surface area contributed by atoms with Crippen LogP contribution < -0.4 is 14.8 Å². The summed E-state index contributed by atoms with van der Waals surface area (Å²) < 4.78 is 13.3. The number of ether oxygens (including phenoxy) is 2. The van der Waals surface area contributed by atoms with Gasteiger partial charge in [0.05, 0.1) is 5.56 Å². The van der Waals surface area contributed by atoms with Crippen LogP contribution in [0.15, 0.2) is 24.3 Å². The lowest BCUT2D eigenvalue weighted by Gasteiger charge is -2.20. The zero-order valence-corrected chi connectivity index (χ0v) is 14.0. The standard InChI is InChI=1S/C18H22N2O3/c1-11(2)19-18(21)15-9-12(3)20(13(15)4)14-5-6-16-17(10-14)23-8-7-22-16/h5-6,9-11H,7-8H2,1-4H3,(H,19,21). The first kappa shape index (κ1) is 15.5. The van der Waals surface area contributed by atoms with E-state index in [-0.39, 0.29) is 11.9 Å². The minimum atomic E-state index is -0.0445. The smallest absolute Gasteiger partial charge is 0.253 e. The van der Waals surface area contributed by atoms with Gasteiger partial charge in [0.2, 0.25) is 0 Å². The van der Waals surface area contributed by atoms with Gasteiger partial charge in [-0.2, -0.15) is 0 Å². The van der Waals surface area contributed by atoms with Crippen LogP contribution in [0.25, 0.3) is 5.69 Å². The van der Waals surface area contributed by atoms with E-state index in [1.807, 2.05) is 52.0 Å². The summed E-state index contributed by atoms with van der Waals surface area (Å²) >= 11 is 0. The Morgan fingerprint density at radius 1 is 1.13 bits per heavy atom. The maximum atomic E-state index is 12.3. The van der Waals surface area contributed by atoms with E-state index in [0.29, 0.717) is 18.8 Å². The summed E-state index contributed by atoms with van der Waals surface area (Å²) in [5, 5.41) is 2.94. The highest BCUT2D eigenvalue weighted by Gasteiger charge is 2.19. The third kappa shape index (κ3) is 2.91. The molecule has 5 heteroatoms. The molecular weight excluding hydrogens is 292 g/mol. The zero-order valence-electron chi connectivity index (χ0n) is 14.0. The SMILES string of the molecule is Cc1cc(C(=O)NC(C)C)c(C)n1-c1ccc2c(c1)OCCO2. The Labute approximate surface area is 136 Å². The Bertz CT molecular complexity index is 747. The molecule has 1 aromatic heterocycles. The molecule has 0 atom stereocenters. The fourth-order valence-corrected chi connectivity index (χ4v) is 2.90. The van der Waals surface area contributed by atoms with E-state index in [9.17, 15) is 4.79 Å². The lowest BCUT2D eigenvalue weighted by molar-refractivity contribution is 0.0942. The molecule has 5 nitrogen and oxygen atoms in total. The van der Waals surface area contributed by atoms with Crippen molar-refractivity contribution >= 4 is 5.91 Å². The van der Waals surface area contributed by atoms with Crippen LogP contribution in [-0.4, -0.2) is 29.7 Å². The van der Waals surface area contributed by atoms with Gasteiger partial charge in [-0.25, -0.2) is 0 Å².